The molecule has 142 valence electrons. The van der Waals surface area contributed by atoms with Crippen molar-refractivity contribution >= 4 is 11.6 Å². The Balaban J connectivity index is 1.78. The topological polar surface area (TPSA) is 74.6 Å². The van der Waals surface area contributed by atoms with Crippen molar-refractivity contribution in [3.8, 4) is 0 Å². The zero-order valence-electron chi connectivity index (χ0n) is 16.0. The summed E-state index contributed by atoms with van der Waals surface area (Å²) >= 11 is 0. The van der Waals surface area contributed by atoms with Gasteiger partial charge in [-0.25, -0.2) is 0 Å². The number of hydrogen-bond donors (Lipinski definition) is 2. The quantitative estimate of drug-likeness (QED) is 0.744. The van der Waals surface area contributed by atoms with Crippen molar-refractivity contribution in [2.45, 2.75) is 64.9 Å². The Kier molecular flexibility index (Phi) is 3.92. The lowest BCUT2D eigenvalue weighted by Crippen LogP contribution is -2.57. The maximum atomic E-state index is 12.5. The van der Waals surface area contributed by atoms with E-state index in [4.69, 9.17) is 0 Å². The molecule has 0 aromatic carbocycles. The second kappa shape index (κ2) is 5.62. The van der Waals surface area contributed by atoms with Crippen LogP contribution in [0.4, 0.5) is 0 Å². The third-order valence-corrected chi connectivity index (χ3v) is 8.49. The molecular weight excluding hydrogens is 328 g/mol. The van der Waals surface area contributed by atoms with Crippen LogP contribution in [0.15, 0.2) is 23.3 Å². The van der Waals surface area contributed by atoms with Crippen LogP contribution in [-0.2, 0) is 9.59 Å². The van der Waals surface area contributed by atoms with Gasteiger partial charge in [-0.15, -0.1) is 0 Å². The third kappa shape index (κ3) is 2.03. The van der Waals surface area contributed by atoms with Crippen LogP contribution in [-0.4, -0.2) is 34.0 Å². The van der Waals surface area contributed by atoms with Crippen LogP contribution in [0.25, 0.3) is 0 Å². The lowest BCUT2D eigenvalue weighted by atomic mass is 9.50. The first-order valence-corrected chi connectivity index (χ1v) is 9.99. The summed E-state index contributed by atoms with van der Waals surface area (Å²) in [5, 5.41) is 20.9. The van der Waals surface area contributed by atoms with Crippen LogP contribution >= 0.6 is 0 Å². The molecule has 6 unspecified atom stereocenters. The summed E-state index contributed by atoms with van der Waals surface area (Å²) in [5.74, 6) is 0.260. The summed E-state index contributed by atoms with van der Waals surface area (Å²) in [5.41, 5.74) is 0.685. The van der Waals surface area contributed by atoms with E-state index in [2.05, 4.69) is 13.0 Å². The number of hydrogen-bond acceptors (Lipinski definition) is 4. The normalized spacial score (nSPS) is 47.4. The van der Waals surface area contributed by atoms with Crippen molar-refractivity contribution in [1.82, 2.24) is 0 Å². The maximum absolute atomic E-state index is 12.5. The number of fused-ring (bicyclic) bond motifs is 5. The molecule has 0 saturated heterocycles. The number of aliphatic hydroxyl groups is 2. The van der Waals surface area contributed by atoms with Crippen LogP contribution in [0.3, 0.4) is 0 Å². The van der Waals surface area contributed by atoms with Gasteiger partial charge in [0, 0.05) is 17.3 Å². The molecule has 0 aromatic rings. The summed E-state index contributed by atoms with van der Waals surface area (Å²) in [6, 6.07) is 0. The van der Waals surface area contributed by atoms with Gasteiger partial charge in [0.05, 0.1) is 0 Å². The monoisotopic (exact) mass is 358 g/mol. The molecule has 0 spiro atoms. The van der Waals surface area contributed by atoms with Crippen molar-refractivity contribution in [2.24, 2.45) is 28.6 Å². The first kappa shape index (κ1) is 18.1. The Bertz CT molecular complexity index is 734. The first-order chi connectivity index (χ1) is 12.2. The van der Waals surface area contributed by atoms with E-state index in [1.165, 1.54) is 11.1 Å². The highest BCUT2D eigenvalue weighted by molar-refractivity contribution is 5.92. The molecule has 4 aliphatic carbocycles. The smallest absolute Gasteiger partial charge is 0.190 e. The van der Waals surface area contributed by atoms with Gasteiger partial charge < -0.3 is 10.2 Å². The molecule has 26 heavy (non-hydrogen) atoms. The molecule has 4 aliphatic rings. The van der Waals surface area contributed by atoms with Crippen molar-refractivity contribution in [3.63, 3.8) is 0 Å². The predicted octanol–water partition coefficient (Wildman–Crippen LogP) is 2.98. The lowest BCUT2D eigenvalue weighted by molar-refractivity contribution is -0.161. The van der Waals surface area contributed by atoms with Crippen LogP contribution in [0, 0.1) is 28.6 Å². The van der Waals surface area contributed by atoms with E-state index in [9.17, 15) is 19.8 Å². The zero-order valence-corrected chi connectivity index (χ0v) is 16.0. The summed E-state index contributed by atoms with van der Waals surface area (Å²) in [7, 11) is 0. The number of aliphatic hydroxyl groups excluding tert-OH is 1. The molecule has 2 fully saturated rings. The Morgan fingerprint density at radius 1 is 1.31 bits per heavy atom. The van der Waals surface area contributed by atoms with Crippen molar-refractivity contribution in [3.05, 3.63) is 23.3 Å². The molecule has 0 heterocycles. The number of Topliss-reactive ketones (excluding diaryl/α,β-unsaturated/α-hetero) is 1. The SMILES string of the molecule is CC1CC2C3CCC4=CC(=O)CCC4(C)C3=CCC2(C)C1(O)C(=O)CO. The van der Waals surface area contributed by atoms with Gasteiger partial charge in [0.25, 0.3) is 0 Å². The molecule has 2 saturated carbocycles. The number of ketones is 2. The molecule has 4 nitrogen and oxygen atoms in total. The van der Waals surface area contributed by atoms with E-state index in [1.54, 1.807) is 0 Å². The van der Waals surface area contributed by atoms with Crippen molar-refractivity contribution in [2.75, 3.05) is 6.61 Å². The van der Waals surface area contributed by atoms with Gasteiger partial charge in [-0.05, 0) is 55.9 Å². The molecule has 0 bridgehead atoms. The lowest BCUT2D eigenvalue weighted by Gasteiger charge is -2.54. The molecule has 0 aliphatic heterocycles. The number of allylic oxidation sites excluding steroid dienone is 4. The zero-order chi connectivity index (χ0) is 18.9. The largest absolute Gasteiger partial charge is 0.388 e. The summed E-state index contributed by atoms with van der Waals surface area (Å²) in [6.45, 7) is 5.67. The average molecular weight is 358 g/mol. The fourth-order valence-electron chi connectivity index (χ4n) is 6.92. The minimum absolute atomic E-state index is 0.0386. The van der Waals surface area contributed by atoms with Crippen LogP contribution in [0.2, 0.25) is 0 Å². The standard InChI is InChI=1S/C22H30O4/c1-13-10-18-16-5-4-14-11-15(24)6-8-20(14,2)17(16)7-9-21(18,3)22(13,26)19(25)12-23/h7,11,13,16,18,23,26H,4-6,8-10,12H2,1-3H3. The van der Waals surface area contributed by atoms with E-state index >= 15 is 0 Å². The molecule has 0 amide bonds. The first-order valence-electron chi connectivity index (χ1n) is 9.99. The molecule has 4 heteroatoms. The Morgan fingerprint density at radius 2 is 2.04 bits per heavy atom. The second-order valence-corrected chi connectivity index (χ2v) is 9.49. The highest BCUT2D eigenvalue weighted by Crippen LogP contribution is 2.66. The van der Waals surface area contributed by atoms with E-state index in [-0.39, 0.29) is 23.0 Å². The van der Waals surface area contributed by atoms with Gasteiger partial charge >= 0.3 is 0 Å². The third-order valence-electron chi connectivity index (χ3n) is 8.49. The Labute approximate surface area is 155 Å². The fraction of sp³-hybridized carbons (Fsp3) is 0.727. The maximum Gasteiger partial charge on any atom is 0.190 e. The van der Waals surface area contributed by atoms with E-state index in [0.29, 0.717) is 18.8 Å². The van der Waals surface area contributed by atoms with Crippen LogP contribution in [0.1, 0.15) is 59.3 Å². The number of rotatable bonds is 2. The molecule has 0 radical (unpaired) electrons. The van der Waals surface area contributed by atoms with Gasteiger partial charge in [-0.1, -0.05) is 38.0 Å². The molecule has 6 atom stereocenters. The van der Waals surface area contributed by atoms with Gasteiger partial charge in [0.2, 0.25) is 0 Å². The summed E-state index contributed by atoms with van der Waals surface area (Å²) < 4.78 is 0. The molecule has 0 aromatic heterocycles. The van der Waals surface area contributed by atoms with Crippen LogP contribution < -0.4 is 0 Å². The predicted molar refractivity (Wildman–Crippen MR) is 98.3 cm³/mol. The Hall–Kier alpha value is -1.26. The molecular formula is C22H30O4. The van der Waals surface area contributed by atoms with Gasteiger partial charge in [0.15, 0.2) is 11.6 Å². The summed E-state index contributed by atoms with van der Waals surface area (Å²) in [6.07, 6.45) is 9.00. The minimum atomic E-state index is -1.45. The summed E-state index contributed by atoms with van der Waals surface area (Å²) in [4.78, 5) is 24.4. The minimum Gasteiger partial charge on any atom is -0.388 e. The van der Waals surface area contributed by atoms with Gasteiger partial charge in [-0.3, -0.25) is 9.59 Å². The second-order valence-electron chi connectivity index (χ2n) is 9.49. The van der Waals surface area contributed by atoms with Gasteiger partial charge in [-0.2, -0.15) is 0 Å². The highest BCUT2D eigenvalue weighted by atomic mass is 16.3. The van der Waals surface area contributed by atoms with E-state index in [1.807, 2.05) is 19.9 Å². The fourth-order valence-corrected chi connectivity index (χ4v) is 6.92. The van der Waals surface area contributed by atoms with Crippen LogP contribution in [0.5, 0.6) is 0 Å². The average Bonchev–Trinajstić information content (AvgIpc) is 2.83. The van der Waals surface area contributed by atoms with Crippen molar-refractivity contribution < 1.29 is 19.8 Å². The van der Waals surface area contributed by atoms with Gasteiger partial charge in [0.1, 0.15) is 12.2 Å². The number of carbonyl (C=O) groups is 2. The Morgan fingerprint density at radius 3 is 2.73 bits per heavy atom. The number of carbonyl (C=O) groups excluding carboxylic acids is 2. The molecule has 2 N–H and O–H groups in total. The van der Waals surface area contributed by atoms with E-state index < -0.39 is 23.4 Å². The molecule has 4 rings (SSSR count). The van der Waals surface area contributed by atoms with E-state index in [0.717, 1.165) is 25.7 Å². The highest BCUT2D eigenvalue weighted by Gasteiger charge is 2.67. The van der Waals surface area contributed by atoms with Crippen molar-refractivity contribution in [1.29, 1.82) is 0 Å².